The lowest BCUT2D eigenvalue weighted by Crippen LogP contribution is -2.52. The van der Waals surface area contributed by atoms with Crippen LogP contribution in [-0.2, 0) is 13.0 Å². The van der Waals surface area contributed by atoms with Gasteiger partial charge in [-0.25, -0.2) is 4.98 Å². The molecule has 220 valence electrons. The Morgan fingerprint density at radius 1 is 1.09 bits per heavy atom. The molecule has 43 heavy (non-hydrogen) atoms. The van der Waals surface area contributed by atoms with Crippen LogP contribution in [-0.4, -0.2) is 71.9 Å². The molecule has 1 aromatic heterocycles. The maximum Gasteiger partial charge on any atom is 0.234 e. The number of hydrogen-bond acceptors (Lipinski definition) is 8. The number of pyridine rings is 1. The molecule has 2 aromatic carbocycles. The topological polar surface area (TPSA) is 87.9 Å². The van der Waals surface area contributed by atoms with Crippen LogP contribution in [0.1, 0.15) is 60.9 Å². The van der Waals surface area contributed by atoms with Gasteiger partial charge in [0.1, 0.15) is 24.0 Å². The Morgan fingerprint density at radius 2 is 1.88 bits per heavy atom. The summed E-state index contributed by atoms with van der Waals surface area (Å²) < 4.78 is 6.65. The molecule has 2 atom stereocenters. The van der Waals surface area contributed by atoms with Crippen molar-refractivity contribution in [2.75, 3.05) is 49.1 Å². The van der Waals surface area contributed by atoms with Gasteiger partial charge >= 0.3 is 0 Å². The van der Waals surface area contributed by atoms with Gasteiger partial charge < -0.3 is 25.0 Å². The molecular weight excluding hydrogens is 536 g/mol. The molecule has 5 aliphatic heterocycles. The van der Waals surface area contributed by atoms with Gasteiger partial charge in [-0.05, 0) is 75.6 Å². The molecule has 0 radical (unpaired) electrons. The Kier molecular flexibility index (Phi) is 6.40. The molecule has 0 spiro atoms. The molecule has 4 saturated heterocycles. The number of benzene rings is 2. The number of phenols is 1. The smallest absolute Gasteiger partial charge is 0.234 e. The zero-order chi connectivity index (χ0) is 29.1. The zero-order valence-corrected chi connectivity index (χ0v) is 24.6. The average Bonchev–Trinajstić information content (AvgIpc) is 3.71. The van der Waals surface area contributed by atoms with Crippen LogP contribution in [0.5, 0.6) is 11.6 Å². The third-order valence-corrected chi connectivity index (χ3v) is 10.7. The lowest BCUT2D eigenvalue weighted by atomic mass is 9.95. The number of terminal acetylenes is 1. The molecule has 3 aromatic rings. The average molecular weight is 575 g/mol. The van der Waals surface area contributed by atoms with E-state index in [2.05, 4.69) is 32.0 Å². The van der Waals surface area contributed by atoms with Gasteiger partial charge in [-0.15, -0.1) is 6.42 Å². The highest BCUT2D eigenvalue weighted by atomic mass is 16.5. The minimum atomic E-state index is 0.0662. The van der Waals surface area contributed by atoms with Crippen LogP contribution >= 0.6 is 0 Å². The van der Waals surface area contributed by atoms with E-state index in [1.807, 2.05) is 24.3 Å². The summed E-state index contributed by atoms with van der Waals surface area (Å²) in [7, 11) is 0. The Labute approximate surface area is 253 Å². The molecule has 2 N–H and O–H groups in total. The van der Waals surface area contributed by atoms with Gasteiger partial charge in [-0.1, -0.05) is 18.1 Å². The lowest BCUT2D eigenvalue weighted by Gasteiger charge is -2.39. The highest BCUT2D eigenvalue weighted by Crippen LogP contribution is 2.43. The van der Waals surface area contributed by atoms with Crippen LogP contribution in [0.4, 0.5) is 11.4 Å². The van der Waals surface area contributed by atoms with Crippen LogP contribution in [0, 0.1) is 23.7 Å². The van der Waals surface area contributed by atoms with E-state index in [0.29, 0.717) is 36.7 Å². The van der Waals surface area contributed by atoms with Gasteiger partial charge in [0.05, 0.1) is 23.5 Å². The Hall–Kier alpha value is -3.98. The van der Waals surface area contributed by atoms with E-state index >= 15 is 0 Å². The van der Waals surface area contributed by atoms with Crippen molar-refractivity contribution in [3.05, 3.63) is 52.7 Å². The number of rotatable bonds is 5. The minimum absolute atomic E-state index is 0.0662. The monoisotopic (exact) mass is 574 g/mol. The van der Waals surface area contributed by atoms with Gasteiger partial charge in [0.15, 0.2) is 0 Å². The standard InChI is InChI=1S/C35H38N6O2/c1-2-23-6-3-7-24-16-27(42)17-31(32(23)24)39-15-10-28-30(21-39)38-34(43-22-35-11-4-13-41(35)14-5-12-35)29(18-36)33(28)40-19-25-8-9-26(20-40)37-25/h1,3,6-7,16-17,25-26,37,42H,4-5,8-15,19-22H2. The molecule has 8 heteroatoms. The van der Waals surface area contributed by atoms with Gasteiger partial charge in [-0.2, -0.15) is 5.26 Å². The van der Waals surface area contributed by atoms with Crippen molar-refractivity contribution < 1.29 is 9.84 Å². The van der Waals surface area contributed by atoms with Crippen LogP contribution < -0.4 is 19.9 Å². The van der Waals surface area contributed by atoms with Crippen LogP contribution in [0.15, 0.2) is 30.3 Å². The molecule has 8 rings (SSSR count). The van der Waals surface area contributed by atoms with Gasteiger partial charge in [0, 0.05) is 60.0 Å². The summed E-state index contributed by atoms with van der Waals surface area (Å²) in [5.41, 5.74) is 5.51. The Balaban J connectivity index is 1.21. The fourth-order valence-corrected chi connectivity index (χ4v) is 8.70. The second-order valence-electron chi connectivity index (χ2n) is 13.1. The summed E-state index contributed by atoms with van der Waals surface area (Å²) in [5.74, 6) is 3.53. The fraction of sp³-hybridized carbons (Fsp3) is 0.486. The zero-order valence-electron chi connectivity index (χ0n) is 24.6. The first-order valence-electron chi connectivity index (χ1n) is 15.9. The molecular formula is C35H38N6O2. The predicted octanol–water partition coefficient (Wildman–Crippen LogP) is 4.30. The Bertz CT molecular complexity index is 1670. The number of hydrogen-bond donors (Lipinski definition) is 2. The maximum atomic E-state index is 10.7. The van der Waals surface area contributed by atoms with Crippen molar-refractivity contribution in [3.8, 4) is 30.0 Å². The first kappa shape index (κ1) is 26.6. The molecule has 8 nitrogen and oxygen atoms in total. The molecule has 0 saturated carbocycles. The maximum absolute atomic E-state index is 10.7. The van der Waals surface area contributed by atoms with E-state index in [-0.39, 0.29) is 11.3 Å². The number of aromatic nitrogens is 1. The van der Waals surface area contributed by atoms with Crippen LogP contribution in [0.25, 0.3) is 10.8 Å². The second kappa shape index (κ2) is 10.3. The van der Waals surface area contributed by atoms with Gasteiger partial charge in [-0.3, -0.25) is 4.90 Å². The van der Waals surface area contributed by atoms with Crippen molar-refractivity contribution in [2.24, 2.45) is 0 Å². The van der Waals surface area contributed by atoms with Gasteiger partial charge in [0.2, 0.25) is 5.88 Å². The molecule has 2 unspecified atom stereocenters. The molecule has 0 aliphatic carbocycles. The molecule has 2 bridgehead atoms. The van der Waals surface area contributed by atoms with Crippen molar-refractivity contribution in [2.45, 2.75) is 69.1 Å². The van der Waals surface area contributed by atoms with E-state index in [1.165, 1.54) is 25.7 Å². The van der Waals surface area contributed by atoms with Crippen molar-refractivity contribution in [1.82, 2.24) is 15.2 Å². The van der Waals surface area contributed by atoms with Crippen LogP contribution in [0.3, 0.4) is 0 Å². The number of nitrogens with zero attached hydrogens (tertiary/aromatic N) is 5. The molecule has 5 aliphatic rings. The summed E-state index contributed by atoms with van der Waals surface area (Å²) in [6, 6.07) is 12.9. The largest absolute Gasteiger partial charge is 0.508 e. The normalized spacial score (nSPS) is 24.0. The third-order valence-electron chi connectivity index (χ3n) is 10.7. The SMILES string of the molecule is C#Cc1cccc2cc(O)cc(N3CCc4c(nc(OCC56CCCN5CCC6)c(C#N)c4N4CC5CCC(C4)N5)C3)c12. The Morgan fingerprint density at radius 3 is 2.63 bits per heavy atom. The van der Waals surface area contributed by atoms with Gasteiger partial charge in [0.25, 0.3) is 0 Å². The lowest BCUT2D eigenvalue weighted by molar-refractivity contribution is 0.110. The summed E-state index contributed by atoms with van der Waals surface area (Å²) >= 11 is 0. The summed E-state index contributed by atoms with van der Waals surface area (Å²) in [5, 5.41) is 26.9. The first-order chi connectivity index (χ1) is 21.0. The van der Waals surface area contributed by atoms with E-state index < -0.39 is 0 Å². The number of nitriles is 1. The summed E-state index contributed by atoms with van der Waals surface area (Å²) in [4.78, 5) is 12.4. The third kappa shape index (κ3) is 4.39. The first-order valence-corrected chi connectivity index (χ1v) is 15.9. The van der Waals surface area contributed by atoms with E-state index in [0.717, 1.165) is 91.0 Å². The number of aromatic hydroxyl groups is 1. The summed E-state index contributed by atoms with van der Waals surface area (Å²) in [6.45, 7) is 5.92. The number of piperazine rings is 1. The fourth-order valence-electron chi connectivity index (χ4n) is 8.70. The van der Waals surface area contributed by atoms with Crippen LogP contribution in [0.2, 0.25) is 0 Å². The van der Waals surface area contributed by atoms with E-state index in [4.69, 9.17) is 16.1 Å². The van der Waals surface area contributed by atoms with E-state index in [1.54, 1.807) is 6.07 Å². The van der Waals surface area contributed by atoms with E-state index in [9.17, 15) is 10.4 Å². The number of nitrogens with one attached hydrogen (secondary N) is 1. The van der Waals surface area contributed by atoms with Crippen molar-refractivity contribution in [3.63, 3.8) is 0 Å². The number of phenolic OH excluding ortho intramolecular Hbond substituents is 1. The number of ether oxygens (including phenoxy) is 1. The second-order valence-corrected chi connectivity index (χ2v) is 13.1. The van der Waals surface area contributed by atoms with Crippen molar-refractivity contribution >= 4 is 22.1 Å². The molecule has 6 heterocycles. The molecule has 0 amide bonds. The molecule has 4 fully saturated rings. The predicted molar refractivity (Wildman–Crippen MR) is 168 cm³/mol. The number of anilines is 2. The highest BCUT2D eigenvalue weighted by Gasteiger charge is 2.45. The quantitative estimate of drug-likeness (QED) is 0.436. The number of fused-ring (bicyclic) bond motifs is 5. The summed E-state index contributed by atoms with van der Waals surface area (Å²) in [6.07, 6.45) is 13.7. The minimum Gasteiger partial charge on any atom is -0.508 e. The highest BCUT2D eigenvalue weighted by molar-refractivity contribution is 6.00. The van der Waals surface area contributed by atoms with Crippen molar-refractivity contribution in [1.29, 1.82) is 5.26 Å².